The molecule has 5 heteroatoms. The van der Waals surface area contributed by atoms with Gasteiger partial charge < -0.3 is 4.90 Å². The normalized spacial score (nSPS) is 22.6. The molecule has 0 radical (unpaired) electrons. The van der Waals surface area contributed by atoms with Crippen LogP contribution in [0.2, 0.25) is 0 Å². The second-order valence-corrected chi connectivity index (χ2v) is 8.13. The Hall–Kier alpha value is -2.30. The van der Waals surface area contributed by atoms with Crippen molar-refractivity contribution in [2.24, 2.45) is 5.92 Å². The van der Waals surface area contributed by atoms with E-state index in [4.69, 9.17) is 0 Å². The molecule has 2 atom stereocenters. The second kappa shape index (κ2) is 7.61. The van der Waals surface area contributed by atoms with Crippen LogP contribution in [0.15, 0.2) is 42.5 Å². The van der Waals surface area contributed by atoms with E-state index >= 15 is 0 Å². The van der Waals surface area contributed by atoms with Crippen LogP contribution in [0.5, 0.6) is 0 Å². The maximum atomic E-state index is 13.4. The third-order valence-corrected chi connectivity index (χ3v) is 6.16. The summed E-state index contributed by atoms with van der Waals surface area (Å²) in [5.74, 6) is -2.25. The summed E-state index contributed by atoms with van der Waals surface area (Å²) in [4.78, 5) is 19.8. The Labute approximate surface area is 164 Å². The van der Waals surface area contributed by atoms with Crippen molar-refractivity contribution in [3.05, 3.63) is 53.7 Å². The van der Waals surface area contributed by atoms with E-state index in [0.717, 1.165) is 31.9 Å². The zero-order valence-electron chi connectivity index (χ0n) is 16.2. The van der Waals surface area contributed by atoms with Gasteiger partial charge in [0.1, 0.15) is 5.69 Å². The SMILES string of the molecule is CC(F)(F)c1ccc(-c2cccc(C(=O)N3CCCC4CCCCC43)n2)cc1. The molecule has 2 fully saturated rings. The van der Waals surface area contributed by atoms with Crippen molar-refractivity contribution in [3.8, 4) is 11.3 Å². The lowest BCUT2D eigenvalue weighted by Gasteiger charge is -2.44. The molecule has 1 aromatic carbocycles. The quantitative estimate of drug-likeness (QED) is 0.685. The van der Waals surface area contributed by atoms with Gasteiger partial charge in [-0.3, -0.25) is 4.79 Å². The molecule has 2 aromatic rings. The van der Waals surface area contributed by atoms with Gasteiger partial charge in [-0.15, -0.1) is 0 Å². The van der Waals surface area contributed by atoms with Crippen molar-refractivity contribution >= 4 is 5.91 Å². The van der Waals surface area contributed by atoms with Crippen LogP contribution in [0, 0.1) is 5.92 Å². The van der Waals surface area contributed by atoms with Crippen molar-refractivity contribution in [2.75, 3.05) is 6.54 Å². The van der Waals surface area contributed by atoms with Crippen molar-refractivity contribution in [1.29, 1.82) is 0 Å². The first-order valence-corrected chi connectivity index (χ1v) is 10.2. The van der Waals surface area contributed by atoms with E-state index in [1.807, 2.05) is 17.0 Å². The zero-order chi connectivity index (χ0) is 19.7. The highest BCUT2D eigenvalue weighted by molar-refractivity contribution is 5.93. The van der Waals surface area contributed by atoms with E-state index in [9.17, 15) is 13.6 Å². The van der Waals surface area contributed by atoms with Crippen LogP contribution < -0.4 is 0 Å². The van der Waals surface area contributed by atoms with Gasteiger partial charge >= 0.3 is 0 Å². The molecule has 1 aliphatic heterocycles. The minimum Gasteiger partial charge on any atom is -0.334 e. The van der Waals surface area contributed by atoms with E-state index in [0.29, 0.717) is 23.3 Å². The number of halogens is 2. The van der Waals surface area contributed by atoms with Crippen LogP contribution in [0.1, 0.15) is 61.5 Å². The van der Waals surface area contributed by atoms with Crippen molar-refractivity contribution in [2.45, 2.75) is 57.4 Å². The van der Waals surface area contributed by atoms with Gasteiger partial charge in [-0.25, -0.2) is 13.8 Å². The van der Waals surface area contributed by atoms with E-state index < -0.39 is 5.92 Å². The predicted molar refractivity (Wildman–Crippen MR) is 105 cm³/mol. The first-order chi connectivity index (χ1) is 13.4. The van der Waals surface area contributed by atoms with Crippen LogP contribution in [-0.4, -0.2) is 28.4 Å². The number of piperidine rings is 1. The molecule has 0 N–H and O–H groups in total. The fourth-order valence-electron chi connectivity index (χ4n) is 4.67. The lowest BCUT2D eigenvalue weighted by Crippen LogP contribution is -2.49. The minimum atomic E-state index is -2.87. The largest absolute Gasteiger partial charge is 0.334 e. The van der Waals surface area contributed by atoms with Gasteiger partial charge in [0.2, 0.25) is 0 Å². The molecule has 4 rings (SSSR count). The van der Waals surface area contributed by atoms with Gasteiger partial charge in [0, 0.05) is 30.6 Å². The van der Waals surface area contributed by atoms with Gasteiger partial charge in [0.15, 0.2) is 0 Å². The summed E-state index contributed by atoms with van der Waals surface area (Å²) in [5, 5.41) is 0. The molecular formula is C23H26F2N2O. The number of pyridine rings is 1. The summed E-state index contributed by atoms with van der Waals surface area (Å²) in [6.45, 7) is 1.68. The molecule has 2 aliphatic rings. The molecule has 1 amide bonds. The zero-order valence-corrected chi connectivity index (χ0v) is 16.2. The molecule has 1 aliphatic carbocycles. The fraction of sp³-hybridized carbons (Fsp3) is 0.478. The summed E-state index contributed by atoms with van der Waals surface area (Å²) in [7, 11) is 0. The average Bonchev–Trinajstić information content (AvgIpc) is 2.72. The Morgan fingerprint density at radius 1 is 1.04 bits per heavy atom. The lowest BCUT2D eigenvalue weighted by molar-refractivity contribution is 0.0175. The molecular weight excluding hydrogens is 358 g/mol. The Bertz CT molecular complexity index is 842. The highest BCUT2D eigenvalue weighted by Gasteiger charge is 2.36. The van der Waals surface area contributed by atoms with E-state index in [1.165, 1.54) is 37.8 Å². The molecule has 1 aromatic heterocycles. The first-order valence-electron chi connectivity index (χ1n) is 10.2. The third-order valence-electron chi connectivity index (χ3n) is 6.16. The molecule has 28 heavy (non-hydrogen) atoms. The first kappa shape index (κ1) is 19.0. The maximum Gasteiger partial charge on any atom is 0.272 e. The highest BCUT2D eigenvalue weighted by Crippen LogP contribution is 2.36. The number of nitrogens with zero attached hydrogens (tertiary/aromatic N) is 2. The second-order valence-electron chi connectivity index (χ2n) is 8.13. The molecule has 2 heterocycles. The van der Waals surface area contributed by atoms with E-state index in [1.54, 1.807) is 18.2 Å². The molecule has 1 saturated heterocycles. The number of fused-ring (bicyclic) bond motifs is 1. The number of amides is 1. The van der Waals surface area contributed by atoms with Crippen LogP contribution in [0.3, 0.4) is 0 Å². The van der Waals surface area contributed by atoms with E-state index in [-0.39, 0.29) is 11.5 Å². The summed E-state index contributed by atoms with van der Waals surface area (Å²) >= 11 is 0. The maximum absolute atomic E-state index is 13.4. The van der Waals surface area contributed by atoms with Crippen molar-refractivity contribution in [3.63, 3.8) is 0 Å². The fourth-order valence-corrected chi connectivity index (χ4v) is 4.67. The average molecular weight is 384 g/mol. The standard InChI is InChI=1S/C23H26F2N2O/c1-23(24,25)18-13-11-16(12-14-18)19-8-4-9-20(26-19)22(28)27-15-5-7-17-6-2-3-10-21(17)27/h4,8-9,11-14,17,21H,2-3,5-7,10,15H2,1H3. The number of rotatable bonds is 3. The number of aromatic nitrogens is 1. The van der Waals surface area contributed by atoms with E-state index in [2.05, 4.69) is 4.98 Å². The van der Waals surface area contributed by atoms with Crippen molar-refractivity contribution < 1.29 is 13.6 Å². The molecule has 148 valence electrons. The third kappa shape index (κ3) is 3.80. The van der Waals surface area contributed by atoms with Gasteiger partial charge in [-0.1, -0.05) is 43.2 Å². The number of hydrogen-bond donors (Lipinski definition) is 0. The van der Waals surface area contributed by atoms with Crippen LogP contribution >= 0.6 is 0 Å². The molecule has 2 unspecified atom stereocenters. The predicted octanol–water partition coefficient (Wildman–Crippen LogP) is 5.66. The summed E-state index contributed by atoms with van der Waals surface area (Å²) in [5.41, 5.74) is 1.78. The summed E-state index contributed by atoms with van der Waals surface area (Å²) in [6, 6.07) is 11.9. The Kier molecular flexibility index (Phi) is 5.17. The smallest absolute Gasteiger partial charge is 0.272 e. The number of alkyl halides is 2. The number of likely N-dealkylation sites (tertiary alicyclic amines) is 1. The number of carbonyl (C=O) groups excluding carboxylic acids is 1. The lowest BCUT2D eigenvalue weighted by atomic mass is 9.78. The van der Waals surface area contributed by atoms with Gasteiger partial charge in [0.25, 0.3) is 11.8 Å². The van der Waals surface area contributed by atoms with Gasteiger partial charge in [-0.05, 0) is 43.7 Å². The molecule has 3 nitrogen and oxygen atoms in total. The Balaban J connectivity index is 1.57. The molecule has 0 bridgehead atoms. The Morgan fingerprint density at radius 3 is 2.50 bits per heavy atom. The van der Waals surface area contributed by atoms with Crippen LogP contribution in [-0.2, 0) is 5.92 Å². The Morgan fingerprint density at radius 2 is 1.75 bits per heavy atom. The van der Waals surface area contributed by atoms with Crippen LogP contribution in [0.4, 0.5) is 8.78 Å². The summed E-state index contributed by atoms with van der Waals surface area (Å²) in [6.07, 6.45) is 7.03. The molecule has 0 spiro atoms. The number of hydrogen-bond acceptors (Lipinski definition) is 2. The topological polar surface area (TPSA) is 33.2 Å². The number of benzene rings is 1. The molecule has 1 saturated carbocycles. The highest BCUT2D eigenvalue weighted by atomic mass is 19.3. The number of carbonyl (C=O) groups is 1. The van der Waals surface area contributed by atoms with Crippen molar-refractivity contribution in [1.82, 2.24) is 9.88 Å². The van der Waals surface area contributed by atoms with Gasteiger partial charge in [0.05, 0.1) is 5.69 Å². The summed E-state index contributed by atoms with van der Waals surface area (Å²) < 4.78 is 26.9. The minimum absolute atomic E-state index is 0.00448. The van der Waals surface area contributed by atoms with Gasteiger partial charge in [-0.2, -0.15) is 0 Å². The monoisotopic (exact) mass is 384 g/mol. The van der Waals surface area contributed by atoms with Crippen LogP contribution in [0.25, 0.3) is 11.3 Å².